The third-order valence-corrected chi connectivity index (χ3v) is 4.36. The molecule has 2 aliphatic heterocycles. The number of hydrogen-bond donors (Lipinski definition) is 0. The highest BCUT2D eigenvalue weighted by Gasteiger charge is 2.52. The van der Waals surface area contributed by atoms with Gasteiger partial charge >= 0.3 is 0 Å². The van der Waals surface area contributed by atoms with Crippen LogP contribution in [-0.2, 0) is 21.8 Å². The molecular formula is C17H13FN2O2. The molecule has 5 rings (SSSR count). The third-order valence-electron chi connectivity index (χ3n) is 4.36. The highest BCUT2D eigenvalue weighted by Crippen LogP contribution is 2.44. The Morgan fingerprint density at radius 3 is 2.82 bits per heavy atom. The number of aromatic nitrogens is 2. The highest BCUT2D eigenvalue weighted by molar-refractivity contribution is 5.76. The number of fused-ring (bicyclic) bond motifs is 6. The van der Waals surface area contributed by atoms with Gasteiger partial charge in [0.2, 0.25) is 0 Å². The van der Waals surface area contributed by atoms with Crippen molar-refractivity contribution in [2.24, 2.45) is 0 Å². The summed E-state index contributed by atoms with van der Waals surface area (Å²) in [6.07, 6.45) is -0.0184. The van der Waals surface area contributed by atoms with Gasteiger partial charge in [0.15, 0.2) is 5.82 Å². The van der Waals surface area contributed by atoms with Crippen LogP contribution in [0, 0.1) is 5.82 Å². The molecule has 22 heavy (non-hydrogen) atoms. The molecular weight excluding hydrogens is 283 g/mol. The van der Waals surface area contributed by atoms with Crippen LogP contribution in [0.3, 0.4) is 0 Å². The Morgan fingerprint density at radius 2 is 1.95 bits per heavy atom. The van der Waals surface area contributed by atoms with Gasteiger partial charge in [0, 0.05) is 5.56 Å². The summed E-state index contributed by atoms with van der Waals surface area (Å²) >= 11 is 0. The first-order chi connectivity index (χ1) is 10.8. The van der Waals surface area contributed by atoms with Gasteiger partial charge in [-0.25, -0.2) is 9.37 Å². The molecule has 0 aliphatic carbocycles. The van der Waals surface area contributed by atoms with Gasteiger partial charge in [-0.1, -0.05) is 24.3 Å². The maximum atomic E-state index is 13.3. The van der Waals surface area contributed by atoms with Gasteiger partial charge in [-0.2, -0.15) is 0 Å². The molecule has 4 nitrogen and oxygen atoms in total. The lowest BCUT2D eigenvalue weighted by atomic mass is 10.0. The van der Waals surface area contributed by atoms with Crippen molar-refractivity contribution in [3.05, 3.63) is 65.7 Å². The van der Waals surface area contributed by atoms with E-state index in [1.54, 1.807) is 12.1 Å². The minimum atomic E-state index is -1.03. The van der Waals surface area contributed by atoms with Crippen LogP contribution in [0.15, 0.2) is 48.5 Å². The van der Waals surface area contributed by atoms with Gasteiger partial charge in [-0.3, -0.25) is 0 Å². The van der Waals surface area contributed by atoms with E-state index in [1.165, 1.54) is 12.1 Å². The van der Waals surface area contributed by atoms with E-state index in [-0.39, 0.29) is 11.9 Å². The van der Waals surface area contributed by atoms with Gasteiger partial charge < -0.3 is 14.0 Å². The average Bonchev–Trinajstić information content (AvgIpc) is 3.10. The summed E-state index contributed by atoms with van der Waals surface area (Å²) in [5.41, 5.74) is 2.76. The minimum absolute atomic E-state index is 0.0184. The normalized spacial score (nSPS) is 26.3. The second-order valence-corrected chi connectivity index (χ2v) is 5.71. The van der Waals surface area contributed by atoms with Crippen LogP contribution in [-0.4, -0.2) is 22.3 Å². The highest BCUT2D eigenvalue weighted by atomic mass is 19.1. The molecule has 2 aromatic carbocycles. The van der Waals surface area contributed by atoms with E-state index in [1.807, 2.05) is 18.2 Å². The van der Waals surface area contributed by atoms with Crippen molar-refractivity contribution >= 4 is 11.0 Å². The molecule has 0 spiro atoms. The summed E-state index contributed by atoms with van der Waals surface area (Å²) in [6, 6.07) is 14.2. The Bertz CT molecular complexity index is 874. The Balaban J connectivity index is 1.79. The third kappa shape index (κ3) is 1.50. The molecule has 5 heteroatoms. The summed E-state index contributed by atoms with van der Waals surface area (Å²) in [5.74, 6) is -0.580. The topological polar surface area (TPSA) is 36.3 Å². The summed E-state index contributed by atoms with van der Waals surface area (Å²) in [4.78, 5) is 4.72. The number of hydrogen-bond acceptors (Lipinski definition) is 3. The zero-order valence-electron chi connectivity index (χ0n) is 11.7. The second-order valence-electron chi connectivity index (χ2n) is 5.71. The van der Waals surface area contributed by atoms with Crippen molar-refractivity contribution in [3.63, 3.8) is 0 Å². The summed E-state index contributed by atoms with van der Waals surface area (Å²) in [5, 5.41) is 0. The van der Waals surface area contributed by atoms with E-state index in [4.69, 9.17) is 14.5 Å². The molecule has 0 amide bonds. The van der Waals surface area contributed by atoms with Gasteiger partial charge in [-0.05, 0) is 24.3 Å². The van der Waals surface area contributed by atoms with Crippen molar-refractivity contribution in [2.75, 3.05) is 6.61 Å². The molecule has 1 aromatic heterocycles. The molecule has 3 heterocycles. The minimum Gasteiger partial charge on any atom is -0.337 e. The van der Waals surface area contributed by atoms with Crippen molar-refractivity contribution in [1.82, 2.24) is 9.55 Å². The molecule has 2 atom stereocenters. The molecule has 0 N–H and O–H groups in total. The monoisotopic (exact) mass is 296 g/mol. The molecule has 2 aliphatic rings. The summed E-state index contributed by atoms with van der Waals surface area (Å²) in [7, 11) is 0. The van der Waals surface area contributed by atoms with Crippen LogP contribution in [0.2, 0.25) is 0 Å². The average molecular weight is 296 g/mol. The van der Waals surface area contributed by atoms with Crippen molar-refractivity contribution in [2.45, 2.75) is 18.4 Å². The van der Waals surface area contributed by atoms with Crippen LogP contribution in [0.25, 0.3) is 11.0 Å². The van der Waals surface area contributed by atoms with Crippen molar-refractivity contribution < 1.29 is 13.9 Å². The second kappa shape index (κ2) is 4.15. The molecule has 2 unspecified atom stereocenters. The van der Waals surface area contributed by atoms with Crippen LogP contribution >= 0.6 is 0 Å². The number of ether oxygens (including phenoxy) is 2. The Morgan fingerprint density at radius 1 is 1.14 bits per heavy atom. The maximum Gasteiger partial charge on any atom is 0.256 e. The summed E-state index contributed by atoms with van der Waals surface area (Å²) in [6.45, 7) is 1.23. The first-order valence-corrected chi connectivity index (χ1v) is 7.30. The Labute approximate surface area is 126 Å². The van der Waals surface area contributed by atoms with Crippen LogP contribution in [0.1, 0.15) is 11.4 Å². The standard InChI is InChI=1S/C17H13FN2O2/c18-12-7-5-11(6-8-12)17-16-19-14-3-1-2-4-15(14)20(16)9-13(22-17)10-21-17/h1-8,13H,9-10H2. The first kappa shape index (κ1) is 12.3. The largest absolute Gasteiger partial charge is 0.337 e. The molecule has 2 bridgehead atoms. The maximum absolute atomic E-state index is 13.3. The number of imidazole rings is 1. The van der Waals surface area contributed by atoms with Gasteiger partial charge in [0.1, 0.15) is 11.9 Å². The van der Waals surface area contributed by atoms with E-state index in [9.17, 15) is 4.39 Å². The van der Waals surface area contributed by atoms with Crippen LogP contribution in [0.5, 0.6) is 0 Å². The molecule has 110 valence electrons. The summed E-state index contributed by atoms with van der Waals surface area (Å²) < 4.78 is 27.6. The fraction of sp³-hybridized carbons (Fsp3) is 0.235. The van der Waals surface area contributed by atoms with Gasteiger partial charge in [0.25, 0.3) is 5.79 Å². The lowest BCUT2D eigenvalue weighted by Crippen LogP contribution is -2.38. The van der Waals surface area contributed by atoms with Crippen molar-refractivity contribution in [1.29, 1.82) is 0 Å². The lowest BCUT2D eigenvalue weighted by Gasteiger charge is -2.32. The molecule has 0 saturated carbocycles. The Kier molecular flexibility index (Phi) is 2.32. The Hall–Kier alpha value is -2.24. The predicted molar refractivity (Wildman–Crippen MR) is 77.7 cm³/mol. The van der Waals surface area contributed by atoms with Gasteiger partial charge in [-0.15, -0.1) is 0 Å². The zero-order valence-corrected chi connectivity index (χ0v) is 11.7. The molecule has 3 aromatic rings. The fourth-order valence-corrected chi connectivity index (χ4v) is 3.39. The molecule has 1 fully saturated rings. The lowest BCUT2D eigenvalue weighted by molar-refractivity contribution is -0.162. The van der Waals surface area contributed by atoms with E-state index in [2.05, 4.69) is 10.6 Å². The number of para-hydroxylation sites is 2. The predicted octanol–water partition coefficient (Wildman–Crippen LogP) is 2.81. The van der Waals surface area contributed by atoms with E-state index >= 15 is 0 Å². The fourth-order valence-electron chi connectivity index (χ4n) is 3.39. The van der Waals surface area contributed by atoms with E-state index in [0.29, 0.717) is 6.61 Å². The number of halogens is 1. The number of rotatable bonds is 1. The first-order valence-electron chi connectivity index (χ1n) is 7.30. The quantitative estimate of drug-likeness (QED) is 0.693. The number of benzene rings is 2. The van der Waals surface area contributed by atoms with Crippen molar-refractivity contribution in [3.8, 4) is 0 Å². The van der Waals surface area contributed by atoms with Gasteiger partial charge in [0.05, 0.1) is 24.2 Å². The van der Waals surface area contributed by atoms with E-state index in [0.717, 1.165) is 29.0 Å². The molecule has 0 radical (unpaired) electrons. The van der Waals surface area contributed by atoms with Crippen LogP contribution < -0.4 is 0 Å². The SMILES string of the molecule is Fc1ccc(C23OCC(Cn4c2nc2ccccc24)O3)cc1. The smallest absolute Gasteiger partial charge is 0.256 e. The molecule has 1 saturated heterocycles. The van der Waals surface area contributed by atoms with E-state index < -0.39 is 5.79 Å². The number of nitrogens with zero attached hydrogens (tertiary/aromatic N) is 2. The van der Waals surface area contributed by atoms with Crippen LogP contribution in [0.4, 0.5) is 4.39 Å². The zero-order chi connectivity index (χ0) is 14.7.